The predicted molar refractivity (Wildman–Crippen MR) is 64.1 cm³/mol. The van der Waals surface area contributed by atoms with E-state index < -0.39 is 23.4 Å². The number of carboxylic acids is 1. The van der Waals surface area contributed by atoms with Crippen molar-refractivity contribution in [3.8, 4) is 0 Å². The molecule has 0 heterocycles. The lowest BCUT2D eigenvalue weighted by atomic mass is 10.1. The van der Waals surface area contributed by atoms with Crippen LogP contribution in [0.4, 0.5) is 13.2 Å². The molecule has 0 aliphatic carbocycles. The molecule has 106 valence electrons. The highest BCUT2D eigenvalue weighted by Gasteiger charge is 2.18. The molecular formula is C13H16F3NO2. The molecule has 1 atom stereocenters. The van der Waals surface area contributed by atoms with Gasteiger partial charge >= 0.3 is 5.97 Å². The van der Waals surface area contributed by atoms with Gasteiger partial charge < -0.3 is 5.11 Å². The summed E-state index contributed by atoms with van der Waals surface area (Å²) in [5.74, 6) is -4.14. The monoisotopic (exact) mass is 275 g/mol. The van der Waals surface area contributed by atoms with Crippen LogP contribution >= 0.6 is 0 Å². The molecule has 0 fully saturated rings. The average Bonchev–Trinajstić information content (AvgIpc) is 2.31. The zero-order chi connectivity index (χ0) is 14.6. The second-order valence-electron chi connectivity index (χ2n) is 4.37. The van der Waals surface area contributed by atoms with E-state index in [1.54, 1.807) is 18.7 Å². The zero-order valence-electron chi connectivity index (χ0n) is 10.8. The molecule has 1 N–H and O–H groups in total. The second kappa shape index (κ2) is 6.56. The summed E-state index contributed by atoms with van der Waals surface area (Å²) in [6.07, 6.45) is -0.0981. The van der Waals surface area contributed by atoms with Crippen LogP contribution in [0, 0.1) is 17.5 Å². The smallest absolute Gasteiger partial charge is 0.304 e. The van der Waals surface area contributed by atoms with Gasteiger partial charge in [0.05, 0.1) is 6.42 Å². The first-order valence-electron chi connectivity index (χ1n) is 5.94. The number of rotatable bonds is 6. The lowest BCUT2D eigenvalue weighted by Gasteiger charge is -2.26. The molecule has 1 aromatic carbocycles. The van der Waals surface area contributed by atoms with Gasteiger partial charge in [-0.3, -0.25) is 9.69 Å². The lowest BCUT2D eigenvalue weighted by molar-refractivity contribution is -0.138. The molecule has 19 heavy (non-hydrogen) atoms. The van der Waals surface area contributed by atoms with Gasteiger partial charge in [-0.1, -0.05) is 6.92 Å². The van der Waals surface area contributed by atoms with Crippen molar-refractivity contribution in [2.45, 2.75) is 32.9 Å². The van der Waals surface area contributed by atoms with E-state index in [1.807, 2.05) is 0 Å². The van der Waals surface area contributed by atoms with Crippen LogP contribution in [0.2, 0.25) is 0 Å². The molecule has 0 aliphatic heterocycles. The van der Waals surface area contributed by atoms with Crippen LogP contribution in [0.5, 0.6) is 0 Å². The number of hydrogen-bond acceptors (Lipinski definition) is 2. The van der Waals surface area contributed by atoms with Gasteiger partial charge in [0, 0.05) is 24.2 Å². The van der Waals surface area contributed by atoms with Gasteiger partial charge in [0.1, 0.15) is 5.82 Å². The van der Waals surface area contributed by atoms with E-state index in [2.05, 4.69) is 0 Å². The Kier molecular flexibility index (Phi) is 5.35. The fourth-order valence-corrected chi connectivity index (χ4v) is 1.86. The molecule has 0 aromatic heterocycles. The maximum atomic E-state index is 13.5. The van der Waals surface area contributed by atoms with Crippen molar-refractivity contribution in [2.75, 3.05) is 6.54 Å². The molecule has 0 bridgehead atoms. The molecule has 6 heteroatoms. The van der Waals surface area contributed by atoms with Gasteiger partial charge in [0.2, 0.25) is 0 Å². The minimum absolute atomic E-state index is 0.0120. The highest BCUT2D eigenvalue weighted by atomic mass is 19.2. The van der Waals surface area contributed by atoms with Gasteiger partial charge in [-0.05, 0) is 19.5 Å². The minimum atomic E-state index is -1.23. The number of carbonyl (C=O) groups is 1. The number of halogens is 3. The summed E-state index contributed by atoms with van der Waals surface area (Å²) >= 11 is 0. The van der Waals surface area contributed by atoms with E-state index in [0.717, 1.165) is 6.07 Å². The van der Waals surface area contributed by atoms with Crippen molar-refractivity contribution < 1.29 is 23.1 Å². The van der Waals surface area contributed by atoms with E-state index in [1.165, 1.54) is 0 Å². The van der Waals surface area contributed by atoms with Crippen molar-refractivity contribution >= 4 is 5.97 Å². The summed E-state index contributed by atoms with van der Waals surface area (Å²) in [5.41, 5.74) is 0.0120. The normalized spacial score (nSPS) is 12.7. The quantitative estimate of drug-likeness (QED) is 0.812. The molecule has 3 nitrogen and oxygen atoms in total. The average molecular weight is 275 g/mol. The number of nitrogens with zero attached hydrogens (tertiary/aromatic N) is 1. The molecule has 1 aromatic rings. The lowest BCUT2D eigenvalue weighted by Crippen LogP contribution is -2.34. The highest BCUT2D eigenvalue weighted by molar-refractivity contribution is 5.67. The van der Waals surface area contributed by atoms with Crippen LogP contribution in [0.3, 0.4) is 0 Å². The Balaban J connectivity index is 2.86. The molecule has 0 aliphatic rings. The molecule has 0 radical (unpaired) electrons. The fraction of sp³-hybridized carbons (Fsp3) is 0.462. The molecule has 0 spiro atoms. The van der Waals surface area contributed by atoms with E-state index >= 15 is 0 Å². The molecule has 0 amide bonds. The standard InChI is InChI=1S/C13H16F3NO2/c1-3-17(8(2)4-13(18)19)7-9-5-11(15)12(16)6-10(9)14/h5-6,8H,3-4,7H2,1-2H3,(H,18,19). The minimum Gasteiger partial charge on any atom is -0.481 e. The van der Waals surface area contributed by atoms with Crippen LogP contribution < -0.4 is 0 Å². The SMILES string of the molecule is CCN(Cc1cc(F)c(F)cc1F)C(C)CC(=O)O. The van der Waals surface area contributed by atoms with Crippen LogP contribution in [0.1, 0.15) is 25.8 Å². The maximum Gasteiger partial charge on any atom is 0.304 e. The van der Waals surface area contributed by atoms with Gasteiger partial charge in [-0.25, -0.2) is 13.2 Å². The second-order valence-corrected chi connectivity index (χ2v) is 4.37. The highest BCUT2D eigenvalue weighted by Crippen LogP contribution is 2.17. The third-order valence-corrected chi connectivity index (χ3v) is 2.96. The first-order valence-corrected chi connectivity index (χ1v) is 5.94. The fourth-order valence-electron chi connectivity index (χ4n) is 1.86. The van der Waals surface area contributed by atoms with E-state index in [-0.39, 0.29) is 24.6 Å². The molecule has 1 unspecified atom stereocenters. The Bertz CT molecular complexity index is 465. The van der Waals surface area contributed by atoms with E-state index in [4.69, 9.17) is 5.11 Å². The molecule has 1 rings (SSSR count). The van der Waals surface area contributed by atoms with Gasteiger partial charge in [0.25, 0.3) is 0 Å². The van der Waals surface area contributed by atoms with Gasteiger partial charge in [0.15, 0.2) is 11.6 Å². The van der Waals surface area contributed by atoms with Crippen LogP contribution in [0.15, 0.2) is 12.1 Å². The molecular weight excluding hydrogens is 259 g/mol. The summed E-state index contributed by atoms with van der Waals surface area (Å²) in [7, 11) is 0. The van der Waals surface area contributed by atoms with Crippen molar-refractivity contribution in [2.24, 2.45) is 0 Å². The van der Waals surface area contributed by atoms with Crippen molar-refractivity contribution in [1.29, 1.82) is 0 Å². The first-order chi connectivity index (χ1) is 8.85. The topological polar surface area (TPSA) is 40.5 Å². The number of carboxylic acid groups (broad SMARTS) is 1. The summed E-state index contributed by atoms with van der Waals surface area (Å²) in [5, 5.41) is 8.72. The zero-order valence-corrected chi connectivity index (χ0v) is 10.8. The Morgan fingerprint density at radius 2 is 1.84 bits per heavy atom. The molecule has 0 saturated heterocycles. The number of hydrogen-bond donors (Lipinski definition) is 1. The summed E-state index contributed by atoms with van der Waals surface area (Å²) in [6.45, 7) is 3.99. The Morgan fingerprint density at radius 3 is 2.37 bits per heavy atom. The van der Waals surface area contributed by atoms with Crippen LogP contribution in [-0.2, 0) is 11.3 Å². The summed E-state index contributed by atoms with van der Waals surface area (Å²) in [6, 6.07) is 0.983. The van der Waals surface area contributed by atoms with Gasteiger partial charge in [-0.2, -0.15) is 0 Å². The van der Waals surface area contributed by atoms with E-state index in [0.29, 0.717) is 12.6 Å². The maximum absolute atomic E-state index is 13.5. The Morgan fingerprint density at radius 1 is 1.26 bits per heavy atom. The van der Waals surface area contributed by atoms with Gasteiger partial charge in [-0.15, -0.1) is 0 Å². The van der Waals surface area contributed by atoms with Crippen LogP contribution in [0.25, 0.3) is 0 Å². The third kappa shape index (κ3) is 4.24. The first kappa shape index (κ1) is 15.5. The summed E-state index contributed by atoms with van der Waals surface area (Å²) in [4.78, 5) is 12.3. The van der Waals surface area contributed by atoms with Crippen molar-refractivity contribution in [3.63, 3.8) is 0 Å². The molecule has 0 saturated carbocycles. The van der Waals surface area contributed by atoms with Crippen molar-refractivity contribution in [3.05, 3.63) is 35.1 Å². The van der Waals surface area contributed by atoms with Crippen molar-refractivity contribution in [1.82, 2.24) is 4.90 Å². The van der Waals surface area contributed by atoms with Crippen LogP contribution in [-0.4, -0.2) is 28.6 Å². The van der Waals surface area contributed by atoms with E-state index in [9.17, 15) is 18.0 Å². The third-order valence-electron chi connectivity index (χ3n) is 2.96. The summed E-state index contributed by atoms with van der Waals surface area (Å²) < 4.78 is 39.4. The Hall–Kier alpha value is -1.56. The Labute approximate surface area is 109 Å². The number of benzene rings is 1. The number of aliphatic carboxylic acids is 1. The largest absolute Gasteiger partial charge is 0.481 e. The predicted octanol–water partition coefficient (Wildman–Crippen LogP) is 2.79.